The fourth-order valence-electron chi connectivity index (χ4n) is 2.93. The number of carboxylic acids is 1. The fraction of sp³-hybridized carbons (Fsp3) is 0.500. The van der Waals surface area contributed by atoms with Crippen molar-refractivity contribution in [2.24, 2.45) is 5.92 Å². The van der Waals surface area contributed by atoms with Gasteiger partial charge in [0.05, 0.1) is 25.0 Å². The van der Waals surface area contributed by atoms with E-state index in [1.54, 1.807) is 4.68 Å². The predicted molar refractivity (Wildman–Crippen MR) is 103 cm³/mol. The molecule has 1 aromatic heterocycles. The maximum absolute atomic E-state index is 11.4. The molecule has 142 valence electrons. The Morgan fingerprint density at radius 1 is 1.31 bits per heavy atom. The number of carboxylic acid groups (broad SMARTS) is 1. The zero-order valence-corrected chi connectivity index (χ0v) is 16.4. The quantitative estimate of drug-likeness (QED) is 0.628. The molecule has 0 bridgehead atoms. The summed E-state index contributed by atoms with van der Waals surface area (Å²) in [6.07, 6.45) is 5.07. The molecule has 0 fully saturated rings. The number of aromatic carboxylic acids is 1. The minimum Gasteiger partial charge on any atom is -0.493 e. The summed E-state index contributed by atoms with van der Waals surface area (Å²) in [6.45, 7) is 7.43. The van der Waals surface area contributed by atoms with Gasteiger partial charge in [-0.3, -0.25) is 4.68 Å². The van der Waals surface area contributed by atoms with E-state index in [1.807, 2.05) is 25.1 Å². The molecule has 2 aromatic rings. The Morgan fingerprint density at radius 3 is 2.65 bits per heavy atom. The van der Waals surface area contributed by atoms with Crippen molar-refractivity contribution in [1.29, 1.82) is 0 Å². The number of ether oxygens (including phenoxy) is 1. The van der Waals surface area contributed by atoms with Crippen molar-refractivity contribution in [2.45, 2.75) is 53.0 Å². The first-order valence-electron chi connectivity index (χ1n) is 9.19. The number of nitrogens with zero attached hydrogens (tertiary/aromatic N) is 2. The molecule has 5 nitrogen and oxygen atoms in total. The largest absolute Gasteiger partial charge is 0.493 e. The molecular weight excluding hydrogens is 352 g/mol. The summed E-state index contributed by atoms with van der Waals surface area (Å²) in [5, 5.41) is 14.3. The maximum Gasteiger partial charge on any atom is 0.339 e. The second-order valence-corrected chi connectivity index (χ2v) is 6.90. The second kappa shape index (κ2) is 9.62. The van der Waals surface area contributed by atoms with Gasteiger partial charge in [-0.25, -0.2) is 4.79 Å². The van der Waals surface area contributed by atoms with Crippen molar-refractivity contribution in [3.05, 3.63) is 46.2 Å². The normalized spacial score (nSPS) is 11.1. The lowest BCUT2D eigenvalue weighted by Gasteiger charge is -2.17. The molecule has 0 saturated carbocycles. The van der Waals surface area contributed by atoms with Crippen molar-refractivity contribution in [1.82, 2.24) is 9.78 Å². The molecule has 0 aliphatic rings. The van der Waals surface area contributed by atoms with E-state index in [0.717, 1.165) is 36.3 Å². The highest BCUT2D eigenvalue weighted by molar-refractivity contribution is 6.30. The average Bonchev–Trinajstić information content (AvgIpc) is 3.00. The number of hydrogen-bond donors (Lipinski definition) is 1. The van der Waals surface area contributed by atoms with Crippen LogP contribution in [0.25, 0.3) is 0 Å². The summed E-state index contributed by atoms with van der Waals surface area (Å²) >= 11 is 6.18. The van der Waals surface area contributed by atoms with Gasteiger partial charge < -0.3 is 9.84 Å². The van der Waals surface area contributed by atoms with Crippen LogP contribution in [0.1, 0.15) is 61.6 Å². The molecule has 0 aliphatic heterocycles. The standard InChI is InChI=1S/C20H27ClN2O3/c1-4-7-18-17(20(24)25)11-22-23(18)12-15-10-16(21)8-9-19(15)26-13-14(5-2)6-3/h8-11,14H,4-7,12-13H2,1-3H3,(H,24,25). The molecule has 0 unspecified atom stereocenters. The smallest absolute Gasteiger partial charge is 0.339 e. The van der Waals surface area contributed by atoms with Gasteiger partial charge in [0.2, 0.25) is 0 Å². The average molecular weight is 379 g/mol. The molecule has 1 aromatic carbocycles. The number of benzene rings is 1. The number of halogens is 1. The molecule has 0 atom stereocenters. The van der Waals surface area contributed by atoms with Crippen LogP contribution < -0.4 is 4.74 Å². The SMILES string of the molecule is CCCc1c(C(=O)O)cnn1Cc1cc(Cl)ccc1OCC(CC)CC. The molecule has 0 spiro atoms. The minimum absolute atomic E-state index is 0.258. The summed E-state index contributed by atoms with van der Waals surface area (Å²) in [5.41, 5.74) is 1.89. The Hall–Kier alpha value is -2.01. The van der Waals surface area contributed by atoms with Crippen LogP contribution >= 0.6 is 11.6 Å². The first-order chi connectivity index (χ1) is 12.5. The third kappa shape index (κ3) is 5.01. The number of aromatic nitrogens is 2. The Balaban J connectivity index is 2.28. The maximum atomic E-state index is 11.4. The Labute approximate surface area is 159 Å². The zero-order chi connectivity index (χ0) is 19.1. The number of carbonyl (C=O) groups is 1. The van der Waals surface area contributed by atoms with Crippen LogP contribution in [0.2, 0.25) is 5.02 Å². The third-order valence-corrected chi connectivity index (χ3v) is 4.87. The molecule has 1 N–H and O–H groups in total. The van der Waals surface area contributed by atoms with Gasteiger partial charge in [-0.05, 0) is 30.5 Å². The predicted octanol–water partition coefficient (Wildman–Crippen LogP) is 5.05. The monoisotopic (exact) mass is 378 g/mol. The van der Waals surface area contributed by atoms with Crippen LogP contribution in [0.4, 0.5) is 0 Å². The van der Waals surface area contributed by atoms with Gasteiger partial charge in [0, 0.05) is 10.6 Å². The molecule has 0 radical (unpaired) electrons. The van der Waals surface area contributed by atoms with E-state index in [2.05, 4.69) is 18.9 Å². The van der Waals surface area contributed by atoms with Crippen LogP contribution in [0.15, 0.2) is 24.4 Å². The Bertz CT molecular complexity index is 739. The first-order valence-corrected chi connectivity index (χ1v) is 9.57. The van der Waals surface area contributed by atoms with Crippen molar-refractivity contribution < 1.29 is 14.6 Å². The van der Waals surface area contributed by atoms with Crippen LogP contribution in [0, 0.1) is 5.92 Å². The van der Waals surface area contributed by atoms with Crippen molar-refractivity contribution in [2.75, 3.05) is 6.61 Å². The molecular formula is C20H27ClN2O3. The summed E-state index contributed by atoms with van der Waals surface area (Å²) in [5.74, 6) is 0.338. The van der Waals surface area contributed by atoms with Crippen molar-refractivity contribution >= 4 is 17.6 Å². The van der Waals surface area contributed by atoms with E-state index in [9.17, 15) is 9.90 Å². The number of rotatable bonds is 10. The van der Waals surface area contributed by atoms with E-state index >= 15 is 0 Å². The van der Waals surface area contributed by atoms with Crippen LogP contribution in [0.3, 0.4) is 0 Å². The first kappa shape index (κ1) is 20.3. The highest BCUT2D eigenvalue weighted by Crippen LogP contribution is 2.26. The van der Waals surface area contributed by atoms with Crippen molar-refractivity contribution in [3.63, 3.8) is 0 Å². The van der Waals surface area contributed by atoms with Gasteiger partial charge in [-0.2, -0.15) is 5.10 Å². The van der Waals surface area contributed by atoms with E-state index in [4.69, 9.17) is 16.3 Å². The summed E-state index contributed by atoms with van der Waals surface area (Å²) < 4.78 is 7.78. The molecule has 26 heavy (non-hydrogen) atoms. The lowest BCUT2D eigenvalue weighted by atomic mass is 10.1. The van der Waals surface area contributed by atoms with Gasteiger partial charge in [-0.15, -0.1) is 0 Å². The topological polar surface area (TPSA) is 64.3 Å². The zero-order valence-electron chi connectivity index (χ0n) is 15.7. The fourth-order valence-corrected chi connectivity index (χ4v) is 3.13. The Kier molecular flexibility index (Phi) is 7.51. The van der Waals surface area contributed by atoms with E-state index in [0.29, 0.717) is 30.5 Å². The molecule has 0 saturated heterocycles. The van der Waals surface area contributed by atoms with Crippen molar-refractivity contribution in [3.8, 4) is 5.75 Å². The Morgan fingerprint density at radius 2 is 2.04 bits per heavy atom. The third-order valence-electron chi connectivity index (χ3n) is 4.64. The van der Waals surface area contributed by atoms with Crippen LogP contribution in [0.5, 0.6) is 5.75 Å². The second-order valence-electron chi connectivity index (χ2n) is 6.46. The molecule has 0 aliphatic carbocycles. The van der Waals surface area contributed by atoms with Gasteiger partial charge in [0.25, 0.3) is 0 Å². The minimum atomic E-state index is -0.948. The lowest BCUT2D eigenvalue weighted by Crippen LogP contribution is -2.13. The highest BCUT2D eigenvalue weighted by Gasteiger charge is 2.17. The van der Waals surface area contributed by atoms with Crippen LogP contribution in [-0.2, 0) is 13.0 Å². The molecule has 6 heteroatoms. The number of hydrogen-bond acceptors (Lipinski definition) is 3. The summed E-state index contributed by atoms with van der Waals surface area (Å²) in [4.78, 5) is 11.4. The van der Waals surface area contributed by atoms with Gasteiger partial charge in [0.1, 0.15) is 11.3 Å². The van der Waals surface area contributed by atoms with Gasteiger partial charge in [0.15, 0.2) is 0 Å². The molecule has 1 heterocycles. The molecule has 0 amide bonds. The summed E-state index contributed by atoms with van der Waals surface area (Å²) in [6, 6.07) is 5.55. The lowest BCUT2D eigenvalue weighted by molar-refractivity contribution is 0.0695. The van der Waals surface area contributed by atoms with Gasteiger partial charge in [-0.1, -0.05) is 51.6 Å². The highest BCUT2D eigenvalue weighted by atomic mass is 35.5. The molecule has 2 rings (SSSR count). The van der Waals surface area contributed by atoms with E-state index in [-0.39, 0.29) is 5.56 Å². The summed E-state index contributed by atoms with van der Waals surface area (Å²) in [7, 11) is 0. The van der Waals surface area contributed by atoms with E-state index in [1.165, 1.54) is 6.20 Å². The van der Waals surface area contributed by atoms with Gasteiger partial charge >= 0.3 is 5.97 Å². The van der Waals surface area contributed by atoms with E-state index < -0.39 is 5.97 Å². The van der Waals surface area contributed by atoms with Crippen LogP contribution in [-0.4, -0.2) is 27.5 Å².